The molecule has 1 saturated heterocycles. The van der Waals surface area contributed by atoms with Crippen LogP contribution in [0.25, 0.3) is 10.8 Å². The number of pyridine rings is 1. The van der Waals surface area contributed by atoms with Gasteiger partial charge in [-0.2, -0.15) is 0 Å². The Morgan fingerprint density at radius 1 is 0.963 bits per heavy atom. The lowest BCUT2D eigenvalue weighted by molar-refractivity contribution is -0.142. The molecule has 1 fully saturated rings. The lowest BCUT2D eigenvalue weighted by atomic mass is 10.1. The maximum absolute atomic E-state index is 13.1. The second-order valence-electron chi connectivity index (χ2n) is 6.23. The van der Waals surface area contributed by atoms with Crippen molar-refractivity contribution in [3.63, 3.8) is 0 Å². The van der Waals surface area contributed by atoms with E-state index in [1.54, 1.807) is 29.6 Å². The molecule has 0 aliphatic carbocycles. The summed E-state index contributed by atoms with van der Waals surface area (Å²) >= 11 is 0. The van der Waals surface area contributed by atoms with E-state index in [0.29, 0.717) is 17.9 Å². The van der Waals surface area contributed by atoms with E-state index in [0.717, 1.165) is 5.39 Å². The van der Waals surface area contributed by atoms with Crippen molar-refractivity contribution in [1.82, 2.24) is 19.9 Å². The van der Waals surface area contributed by atoms with Crippen molar-refractivity contribution in [2.24, 2.45) is 0 Å². The van der Waals surface area contributed by atoms with Gasteiger partial charge in [0.2, 0.25) is 5.95 Å². The fourth-order valence-electron chi connectivity index (χ4n) is 3.30. The van der Waals surface area contributed by atoms with E-state index < -0.39 is 12.0 Å². The van der Waals surface area contributed by atoms with Crippen LogP contribution >= 0.6 is 0 Å². The van der Waals surface area contributed by atoms with Gasteiger partial charge in [0.25, 0.3) is 5.91 Å². The van der Waals surface area contributed by atoms with Crippen molar-refractivity contribution in [2.75, 3.05) is 24.5 Å². The van der Waals surface area contributed by atoms with E-state index in [-0.39, 0.29) is 24.7 Å². The summed E-state index contributed by atoms with van der Waals surface area (Å²) in [5.41, 5.74) is 0.267. The summed E-state index contributed by atoms with van der Waals surface area (Å²) in [6, 6.07) is 9.95. The van der Waals surface area contributed by atoms with Gasteiger partial charge in [0.05, 0.1) is 6.54 Å². The van der Waals surface area contributed by atoms with Crippen LogP contribution < -0.4 is 4.90 Å². The van der Waals surface area contributed by atoms with Gasteiger partial charge < -0.3 is 14.9 Å². The van der Waals surface area contributed by atoms with Gasteiger partial charge in [-0.05, 0) is 17.5 Å². The molecular weight excluding hydrogens is 346 g/mol. The smallest absolute Gasteiger partial charge is 0.328 e. The average Bonchev–Trinajstić information content (AvgIpc) is 2.73. The molecular formula is C19H17N5O3. The Morgan fingerprint density at radius 3 is 2.52 bits per heavy atom. The van der Waals surface area contributed by atoms with Crippen LogP contribution in [-0.2, 0) is 4.79 Å². The average molecular weight is 363 g/mol. The molecule has 0 bridgehead atoms. The van der Waals surface area contributed by atoms with E-state index in [4.69, 9.17) is 0 Å². The van der Waals surface area contributed by atoms with Crippen molar-refractivity contribution in [1.29, 1.82) is 0 Å². The quantitative estimate of drug-likeness (QED) is 0.751. The van der Waals surface area contributed by atoms with Crippen LogP contribution in [-0.4, -0.2) is 62.5 Å². The molecule has 0 saturated carbocycles. The van der Waals surface area contributed by atoms with Crippen LogP contribution in [0.4, 0.5) is 5.95 Å². The summed E-state index contributed by atoms with van der Waals surface area (Å²) in [7, 11) is 0. The zero-order valence-corrected chi connectivity index (χ0v) is 14.4. The number of hydrogen-bond donors (Lipinski definition) is 1. The number of carboxylic acid groups (broad SMARTS) is 1. The highest BCUT2D eigenvalue weighted by Crippen LogP contribution is 2.21. The third kappa shape index (κ3) is 3.17. The first-order chi connectivity index (χ1) is 13.1. The van der Waals surface area contributed by atoms with Crippen LogP contribution in [0.5, 0.6) is 0 Å². The molecule has 1 N–H and O–H groups in total. The molecule has 0 unspecified atom stereocenters. The van der Waals surface area contributed by atoms with Gasteiger partial charge in [-0.25, -0.2) is 14.8 Å². The summed E-state index contributed by atoms with van der Waals surface area (Å²) in [5.74, 6) is -0.990. The summed E-state index contributed by atoms with van der Waals surface area (Å²) in [5, 5.41) is 11.3. The van der Waals surface area contributed by atoms with E-state index in [1.165, 1.54) is 4.90 Å². The van der Waals surface area contributed by atoms with E-state index in [9.17, 15) is 14.7 Å². The summed E-state index contributed by atoms with van der Waals surface area (Å²) in [6.45, 7) is 0.819. The third-order valence-electron chi connectivity index (χ3n) is 4.64. The minimum atomic E-state index is -1.07. The highest BCUT2D eigenvalue weighted by molar-refractivity contribution is 6.06. The molecule has 3 aromatic rings. The first-order valence-corrected chi connectivity index (χ1v) is 8.54. The number of rotatable bonds is 3. The first kappa shape index (κ1) is 16.9. The van der Waals surface area contributed by atoms with Gasteiger partial charge >= 0.3 is 5.97 Å². The van der Waals surface area contributed by atoms with Crippen molar-refractivity contribution in [3.05, 3.63) is 60.7 Å². The van der Waals surface area contributed by atoms with Crippen LogP contribution in [0.15, 0.2) is 55.0 Å². The Morgan fingerprint density at radius 2 is 1.74 bits per heavy atom. The Bertz CT molecular complexity index is 990. The standard InChI is InChI=1S/C19H17N5O3/c25-17(16-14-5-2-1-4-13(14)6-9-20-16)24-11-10-23(12-15(24)18(26)27)19-21-7-3-8-22-19/h1-9,15H,10-12H2,(H,26,27)/t15-/m0/s1. The number of hydrogen-bond acceptors (Lipinski definition) is 6. The molecule has 8 nitrogen and oxygen atoms in total. The fraction of sp³-hybridized carbons (Fsp3) is 0.211. The van der Waals surface area contributed by atoms with Crippen molar-refractivity contribution in [3.8, 4) is 0 Å². The van der Waals surface area contributed by atoms with Crippen molar-refractivity contribution >= 4 is 28.6 Å². The molecule has 0 spiro atoms. The molecule has 1 aromatic carbocycles. The van der Waals surface area contributed by atoms with Gasteiger partial charge in [-0.3, -0.25) is 9.78 Å². The Balaban J connectivity index is 1.64. The number of piperazine rings is 1. The largest absolute Gasteiger partial charge is 0.480 e. The molecule has 3 heterocycles. The molecule has 136 valence electrons. The topological polar surface area (TPSA) is 99.5 Å². The number of benzene rings is 1. The van der Waals surface area contributed by atoms with Gasteiger partial charge in [0.15, 0.2) is 0 Å². The molecule has 2 aromatic heterocycles. The van der Waals surface area contributed by atoms with Gasteiger partial charge in [-0.15, -0.1) is 0 Å². The molecule has 4 rings (SSSR count). The minimum absolute atomic E-state index is 0.121. The monoisotopic (exact) mass is 363 g/mol. The second-order valence-corrected chi connectivity index (χ2v) is 6.23. The molecule has 8 heteroatoms. The van der Waals surface area contributed by atoms with Gasteiger partial charge in [0, 0.05) is 37.1 Å². The molecule has 1 aliphatic heterocycles. The number of anilines is 1. The van der Waals surface area contributed by atoms with Crippen LogP contribution in [0.3, 0.4) is 0 Å². The summed E-state index contributed by atoms with van der Waals surface area (Å²) in [6.07, 6.45) is 4.78. The SMILES string of the molecule is O=C(O)[C@@H]1CN(c2ncccn2)CCN1C(=O)c1nccc2ccccc12. The number of aliphatic carboxylic acids is 1. The van der Waals surface area contributed by atoms with E-state index >= 15 is 0 Å². The molecule has 1 aliphatic rings. The number of carbonyl (C=O) groups is 2. The Labute approximate surface area is 155 Å². The normalized spacial score (nSPS) is 17.1. The third-order valence-corrected chi connectivity index (χ3v) is 4.64. The Hall–Kier alpha value is -3.55. The zero-order chi connectivity index (χ0) is 18.8. The predicted molar refractivity (Wildman–Crippen MR) is 98.4 cm³/mol. The number of carbonyl (C=O) groups excluding carboxylic acids is 1. The van der Waals surface area contributed by atoms with E-state index in [1.807, 2.05) is 30.3 Å². The highest BCUT2D eigenvalue weighted by atomic mass is 16.4. The summed E-state index contributed by atoms with van der Waals surface area (Å²) < 4.78 is 0. The minimum Gasteiger partial charge on any atom is -0.480 e. The summed E-state index contributed by atoms with van der Waals surface area (Å²) in [4.78, 5) is 40.7. The fourth-order valence-corrected chi connectivity index (χ4v) is 3.30. The van der Waals surface area contributed by atoms with E-state index in [2.05, 4.69) is 15.0 Å². The number of fused-ring (bicyclic) bond motifs is 1. The van der Waals surface area contributed by atoms with Crippen LogP contribution in [0.2, 0.25) is 0 Å². The van der Waals surface area contributed by atoms with Crippen LogP contribution in [0.1, 0.15) is 10.5 Å². The lowest BCUT2D eigenvalue weighted by Gasteiger charge is -2.39. The molecule has 27 heavy (non-hydrogen) atoms. The number of aromatic nitrogens is 3. The maximum Gasteiger partial charge on any atom is 0.328 e. The van der Waals surface area contributed by atoms with Crippen molar-refractivity contribution in [2.45, 2.75) is 6.04 Å². The number of carboxylic acids is 1. The van der Waals surface area contributed by atoms with Crippen LogP contribution in [0, 0.1) is 0 Å². The second kappa shape index (κ2) is 6.99. The lowest BCUT2D eigenvalue weighted by Crippen LogP contribution is -2.58. The van der Waals surface area contributed by atoms with Crippen molar-refractivity contribution < 1.29 is 14.7 Å². The molecule has 1 atom stereocenters. The van der Waals surface area contributed by atoms with Gasteiger partial charge in [0.1, 0.15) is 11.7 Å². The molecule has 0 radical (unpaired) electrons. The first-order valence-electron chi connectivity index (χ1n) is 8.54. The highest BCUT2D eigenvalue weighted by Gasteiger charge is 2.37. The zero-order valence-electron chi connectivity index (χ0n) is 14.4. The molecule has 1 amide bonds. The van der Waals surface area contributed by atoms with Gasteiger partial charge in [-0.1, -0.05) is 24.3 Å². The Kier molecular flexibility index (Phi) is 4.37. The maximum atomic E-state index is 13.1. The number of amides is 1. The predicted octanol–water partition coefficient (Wildman–Crippen LogP) is 1.44. The number of nitrogens with zero attached hydrogens (tertiary/aromatic N) is 5.